The van der Waals surface area contributed by atoms with Crippen LogP contribution < -0.4 is 5.73 Å². The zero-order chi connectivity index (χ0) is 14.0. The second-order valence-corrected chi connectivity index (χ2v) is 5.64. The second kappa shape index (κ2) is 5.74. The molecule has 0 bridgehead atoms. The Balaban J connectivity index is 2.14. The highest BCUT2D eigenvalue weighted by atomic mass is 16.2. The van der Waals surface area contributed by atoms with E-state index in [9.17, 15) is 4.79 Å². The van der Waals surface area contributed by atoms with Gasteiger partial charge in [0.15, 0.2) is 0 Å². The van der Waals surface area contributed by atoms with E-state index in [1.54, 1.807) is 0 Å². The van der Waals surface area contributed by atoms with E-state index in [1.807, 2.05) is 11.8 Å². The number of hydrogen-bond acceptors (Lipinski definition) is 2. The minimum absolute atomic E-state index is 0.103. The van der Waals surface area contributed by atoms with Gasteiger partial charge in [0.1, 0.15) is 0 Å². The summed E-state index contributed by atoms with van der Waals surface area (Å²) in [6.45, 7) is 7.03. The number of nitrogens with zero attached hydrogens (tertiary/aromatic N) is 1. The first-order chi connectivity index (χ1) is 9.04. The van der Waals surface area contributed by atoms with Crippen molar-refractivity contribution in [3.05, 3.63) is 35.4 Å². The maximum absolute atomic E-state index is 12.2. The van der Waals surface area contributed by atoms with Crippen molar-refractivity contribution in [3.8, 4) is 0 Å². The quantitative estimate of drug-likeness (QED) is 0.907. The van der Waals surface area contributed by atoms with E-state index in [4.69, 9.17) is 5.73 Å². The fraction of sp³-hybridized carbons (Fsp3) is 0.562. The number of benzene rings is 1. The molecular weight excluding hydrogens is 236 g/mol. The molecule has 1 saturated heterocycles. The van der Waals surface area contributed by atoms with Crippen molar-refractivity contribution in [1.82, 2.24) is 4.90 Å². The summed E-state index contributed by atoms with van der Waals surface area (Å²) in [4.78, 5) is 14.2. The number of amides is 1. The van der Waals surface area contributed by atoms with Gasteiger partial charge >= 0.3 is 0 Å². The average molecular weight is 260 g/mol. The summed E-state index contributed by atoms with van der Waals surface area (Å²) in [5.41, 5.74) is 8.57. The first kappa shape index (κ1) is 14.1. The van der Waals surface area contributed by atoms with Gasteiger partial charge in [0, 0.05) is 18.5 Å². The monoisotopic (exact) mass is 260 g/mol. The molecule has 0 spiro atoms. The van der Waals surface area contributed by atoms with Crippen LogP contribution in [0.15, 0.2) is 24.3 Å². The van der Waals surface area contributed by atoms with E-state index in [-0.39, 0.29) is 18.0 Å². The molecule has 1 heterocycles. The van der Waals surface area contributed by atoms with Crippen LogP contribution in [0.1, 0.15) is 43.7 Å². The zero-order valence-electron chi connectivity index (χ0n) is 12.1. The van der Waals surface area contributed by atoms with Gasteiger partial charge in [-0.1, -0.05) is 31.2 Å². The van der Waals surface area contributed by atoms with Crippen LogP contribution in [0.4, 0.5) is 0 Å². The highest BCUT2D eigenvalue weighted by Gasteiger charge is 2.35. The van der Waals surface area contributed by atoms with E-state index in [1.165, 1.54) is 11.1 Å². The lowest BCUT2D eigenvalue weighted by molar-refractivity contribution is -0.133. The molecule has 1 aliphatic heterocycles. The van der Waals surface area contributed by atoms with Crippen molar-refractivity contribution >= 4 is 5.91 Å². The molecule has 0 saturated carbocycles. The van der Waals surface area contributed by atoms with Crippen LogP contribution in [0.3, 0.4) is 0 Å². The van der Waals surface area contributed by atoms with Gasteiger partial charge in [0.05, 0.1) is 6.04 Å². The molecule has 3 atom stereocenters. The molecule has 2 N–H and O–H groups in total. The maximum Gasteiger partial charge on any atom is 0.239 e. The number of hydrogen-bond donors (Lipinski definition) is 1. The molecule has 1 aromatic rings. The normalized spacial score (nSPS) is 24.5. The molecule has 2 unspecified atom stereocenters. The van der Waals surface area contributed by atoms with E-state index in [0.29, 0.717) is 12.3 Å². The summed E-state index contributed by atoms with van der Waals surface area (Å²) >= 11 is 0. The van der Waals surface area contributed by atoms with Gasteiger partial charge in [-0.25, -0.2) is 0 Å². The van der Waals surface area contributed by atoms with Crippen LogP contribution in [-0.4, -0.2) is 29.4 Å². The fourth-order valence-electron chi connectivity index (χ4n) is 3.00. The van der Waals surface area contributed by atoms with Crippen LogP contribution >= 0.6 is 0 Å². The molecule has 1 aromatic carbocycles. The molecule has 1 fully saturated rings. The lowest BCUT2D eigenvalue weighted by Gasteiger charge is -2.24. The van der Waals surface area contributed by atoms with Gasteiger partial charge in [-0.15, -0.1) is 0 Å². The zero-order valence-corrected chi connectivity index (χ0v) is 12.1. The topological polar surface area (TPSA) is 46.3 Å². The van der Waals surface area contributed by atoms with Crippen molar-refractivity contribution < 1.29 is 4.79 Å². The maximum atomic E-state index is 12.2. The first-order valence-corrected chi connectivity index (χ1v) is 7.16. The van der Waals surface area contributed by atoms with Crippen molar-refractivity contribution in [1.29, 1.82) is 0 Å². The minimum Gasteiger partial charge on any atom is -0.338 e. The molecular formula is C16H24N2O. The van der Waals surface area contributed by atoms with Gasteiger partial charge in [0.25, 0.3) is 0 Å². The Morgan fingerprint density at radius 3 is 2.79 bits per heavy atom. The molecule has 1 amide bonds. The van der Waals surface area contributed by atoms with E-state index in [0.717, 1.165) is 13.0 Å². The standard InChI is InChI=1S/C16H24N2O/c1-4-15(17)16(19)18-10-13(9-12(18)3)14-8-6-5-7-11(14)2/h5-8,12-13,15H,4,9-10,17H2,1-3H3/t12?,13?,15-/m0/s1. The van der Waals surface area contributed by atoms with Gasteiger partial charge in [0.2, 0.25) is 5.91 Å². The molecule has 2 rings (SSSR count). The number of aryl methyl sites for hydroxylation is 1. The number of rotatable bonds is 3. The third-order valence-corrected chi connectivity index (χ3v) is 4.24. The predicted molar refractivity (Wildman–Crippen MR) is 78.0 cm³/mol. The van der Waals surface area contributed by atoms with Crippen molar-refractivity contribution in [3.63, 3.8) is 0 Å². The molecule has 3 nitrogen and oxygen atoms in total. The Bertz CT molecular complexity index is 458. The molecule has 104 valence electrons. The van der Waals surface area contributed by atoms with E-state index >= 15 is 0 Å². The smallest absolute Gasteiger partial charge is 0.239 e. The summed E-state index contributed by atoms with van der Waals surface area (Å²) in [7, 11) is 0. The summed E-state index contributed by atoms with van der Waals surface area (Å²) in [6.07, 6.45) is 1.74. The van der Waals surface area contributed by atoms with Crippen molar-refractivity contribution in [2.75, 3.05) is 6.54 Å². The average Bonchev–Trinajstić information content (AvgIpc) is 2.79. The summed E-state index contributed by atoms with van der Waals surface area (Å²) in [5.74, 6) is 0.551. The highest BCUT2D eigenvalue weighted by molar-refractivity contribution is 5.82. The fourth-order valence-corrected chi connectivity index (χ4v) is 3.00. The Morgan fingerprint density at radius 2 is 2.16 bits per heavy atom. The van der Waals surface area contributed by atoms with Gasteiger partial charge < -0.3 is 10.6 Å². The Labute approximate surface area is 115 Å². The van der Waals surface area contributed by atoms with Crippen LogP contribution in [0, 0.1) is 6.92 Å². The van der Waals surface area contributed by atoms with Crippen molar-refractivity contribution in [2.45, 2.75) is 51.6 Å². The Morgan fingerprint density at radius 1 is 1.47 bits per heavy atom. The number of carbonyl (C=O) groups excluding carboxylic acids is 1. The molecule has 0 aromatic heterocycles. The second-order valence-electron chi connectivity index (χ2n) is 5.64. The summed E-state index contributed by atoms with van der Waals surface area (Å²) in [6, 6.07) is 8.40. The van der Waals surface area contributed by atoms with Crippen LogP contribution in [0.5, 0.6) is 0 Å². The first-order valence-electron chi connectivity index (χ1n) is 7.16. The highest BCUT2D eigenvalue weighted by Crippen LogP contribution is 2.33. The number of carbonyl (C=O) groups is 1. The van der Waals surface area contributed by atoms with Crippen molar-refractivity contribution in [2.24, 2.45) is 5.73 Å². The molecule has 3 heteroatoms. The van der Waals surface area contributed by atoms with E-state index < -0.39 is 0 Å². The van der Waals surface area contributed by atoms with Crippen LogP contribution in [0.25, 0.3) is 0 Å². The molecule has 0 radical (unpaired) electrons. The minimum atomic E-state index is -0.349. The Hall–Kier alpha value is -1.35. The third kappa shape index (κ3) is 2.81. The predicted octanol–water partition coefficient (Wildman–Crippen LogP) is 2.44. The SMILES string of the molecule is CC[C@H](N)C(=O)N1CC(c2ccccc2C)CC1C. The number of likely N-dealkylation sites (tertiary alicyclic amines) is 1. The van der Waals surface area contributed by atoms with E-state index in [2.05, 4.69) is 38.1 Å². The van der Waals surface area contributed by atoms with Gasteiger partial charge in [-0.3, -0.25) is 4.79 Å². The van der Waals surface area contributed by atoms with Crippen LogP contribution in [0.2, 0.25) is 0 Å². The Kier molecular flexibility index (Phi) is 4.25. The lowest BCUT2D eigenvalue weighted by atomic mass is 9.93. The van der Waals surface area contributed by atoms with Gasteiger partial charge in [-0.05, 0) is 37.8 Å². The molecule has 1 aliphatic rings. The summed E-state index contributed by atoms with van der Waals surface area (Å²) in [5, 5.41) is 0. The summed E-state index contributed by atoms with van der Waals surface area (Å²) < 4.78 is 0. The number of nitrogens with two attached hydrogens (primary N) is 1. The molecule has 0 aliphatic carbocycles. The third-order valence-electron chi connectivity index (χ3n) is 4.24. The van der Waals surface area contributed by atoms with Gasteiger partial charge in [-0.2, -0.15) is 0 Å². The molecule has 19 heavy (non-hydrogen) atoms. The lowest BCUT2D eigenvalue weighted by Crippen LogP contribution is -2.45. The van der Waals surface area contributed by atoms with Crippen LogP contribution in [-0.2, 0) is 4.79 Å². The largest absolute Gasteiger partial charge is 0.338 e.